The van der Waals surface area contributed by atoms with Crippen LogP contribution in [0.4, 0.5) is 5.69 Å². The van der Waals surface area contributed by atoms with Crippen molar-refractivity contribution >= 4 is 62.5 Å². The lowest BCUT2D eigenvalue weighted by atomic mass is 9.54. The topological polar surface area (TPSA) is 66.5 Å². The highest BCUT2D eigenvalue weighted by atomic mass is 79.9. The summed E-state index contributed by atoms with van der Waals surface area (Å²) in [6.07, 6.45) is 0. The molecule has 0 radical (unpaired) electrons. The summed E-state index contributed by atoms with van der Waals surface area (Å²) in [5.74, 6) is -3.60. The Labute approximate surface area is 246 Å². The summed E-state index contributed by atoms with van der Waals surface area (Å²) >= 11 is 18.6. The number of hydrogen-bond acceptors (Lipinski definition) is 3. The normalized spacial score (nSPS) is 27.3. The Hall–Kier alpha value is -2.67. The van der Waals surface area contributed by atoms with Crippen molar-refractivity contribution in [1.29, 1.82) is 0 Å². The van der Waals surface area contributed by atoms with Crippen LogP contribution >= 0.6 is 39.1 Å². The predicted molar refractivity (Wildman–Crippen MR) is 156 cm³/mol. The van der Waals surface area contributed by atoms with E-state index in [1.165, 1.54) is 0 Å². The largest absolute Gasteiger partial charge is 0.324 e. The Kier molecular flexibility index (Phi) is 6.07. The quantitative estimate of drug-likeness (QED) is 0.262. The minimum absolute atomic E-state index is 0.352. The van der Waals surface area contributed by atoms with Crippen LogP contribution in [-0.2, 0) is 24.1 Å². The molecule has 8 heteroatoms. The van der Waals surface area contributed by atoms with Crippen molar-refractivity contribution in [2.45, 2.75) is 43.5 Å². The second-order valence-electron chi connectivity index (χ2n) is 11.1. The number of likely N-dealkylation sites (tertiary alicyclic amines) is 1. The minimum Gasteiger partial charge on any atom is -0.324 e. The lowest BCUT2D eigenvalue weighted by Gasteiger charge is -2.54. The number of halogens is 3. The van der Waals surface area contributed by atoms with Gasteiger partial charge in [-0.2, -0.15) is 0 Å². The molecule has 3 aromatic carbocycles. The smallest absolute Gasteiger partial charge is 0.247 e. The highest BCUT2D eigenvalue weighted by Gasteiger charge is 2.73. The number of carbonyl (C=O) groups excluding carboxylic acids is 3. The summed E-state index contributed by atoms with van der Waals surface area (Å²) in [5, 5.41) is 2.98. The Morgan fingerprint density at radius 1 is 0.846 bits per heavy atom. The van der Waals surface area contributed by atoms with Crippen molar-refractivity contribution in [3.63, 3.8) is 0 Å². The van der Waals surface area contributed by atoms with E-state index in [2.05, 4.69) is 21.2 Å². The maximum absolute atomic E-state index is 14.4. The van der Waals surface area contributed by atoms with Crippen LogP contribution in [0.5, 0.6) is 0 Å². The molecule has 1 heterocycles. The summed E-state index contributed by atoms with van der Waals surface area (Å²) in [6, 6.07) is 17.8. The first-order valence-corrected chi connectivity index (χ1v) is 14.5. The third-order valence-corrected chi connectivity index (χ3v) is 10.7. The van der Waals surface area contributed by atoms with Crippen molar-refractivity contribution in [2.75, 3.05) is 5.32 Å². The Bertz CT molecular complexity index is 1460. The first-order valence-electron chi connectivity index (χ1n) is 13.0. The van der Waals surface area contributed by atoms with Crippen molar-refractivity contribution in [2.24, 2.45) is 17.8 Å². The maximum atomic E-state index is 14.4. The van der Waals surface area contributed by atoms with E-state index in [1.54, 1.807) is 0 Å². The fourth-order valence-electron chi connectivity index (χ4n) is 6.80. The molecular formula is C31H27BrCl2N2O3. The van der Waals surface area contributed by atoms with Gasteiger partial charge in [0.2, 0.25) is 17.7 Å². The first-order chi connectivity index (χ1) is 18.4. The van der Waals surface area contributed by atoms with Gasteiger partial charge >= 0.3 is 0 Å². The van der Waals surface area contributed by atoms with E-state index in [0.717, 1.165) is 42.8 Å². The number of imide groups is 1. The second-order valence-corrected chi connectivity index (χ2v) is 13.2. The van der Waals surface area contributed by atoms with Gasteiger partial charge in [0.25, 0.3) is 0 Å². The predicted octanol–water partition coefficient (Wildman–Crippen LogP) is 6.62. The molecule has 7 rings (SSSR count). The number of hydrogen-bond donors (Lipinski definition) is 1. The van der Waals surface area contributed by atoms with Gasteiger partial charge in [0.05, 0.1) is 11.8 Å². The molecule has 5 nitrogen and oxygen atoms in total. The highest BCUT2D eigenvalue weighted by molar-refractivity contribution is 9.10. The molecule has 1 fully saturated rings. The number of anilines is 1. The number of aryl methyl sites for hydroxylation is 2. The van der Waals surface area contributed by atoms with E-state index in [1.807, 2.05) is 88.4 Å². The van der Waals surface area contributed by atoms with Gasteiger partial charge in [-0.1, -0.05) is 78.3 Å². The van der Waals surface area contributed by atoms with Crippen LogP contribution in [-0.4, -0.2) is 28.7 Å². The summed E-state index contributed by atoms with van der Waals surface area (Å²) < 4.78 is 0.932. The molecule has 3 atom stereocenters. The molecule has 0 unspecified atom stereocenters. The van der Waals surface area contributed by atoms with Gasteiger partial charge in [-0.3, -0.25) is 19.3 Å². The van der Waals surface area contributed by atoms with Gasteiger partial charge in [-0.05, 0) is 65.3 Å². The Morgan fingerprint density at radius 2 is 1.28 bits per heavy atom. The number of alkyl halides is 2. The lowest BCUT2D eigenvalue weighted by Crippen LogP contribution is -2.57. The summed E-state index contributed by atoms with van der Waals surface area (Å²) in [6.45, 7) is 7.49. The van der Waals surface area contributed by atoms with E-state index in [4.69, 9.17) is 23.2 Å². The van der Waals surface area contributed by atoms with Crippen LogP contribution in [0.2, 0.25) is 0 Å². The molecule has 1 N–H and O–H groups in total. The lowest BCUT2D eigenvalue weighted by molar-refractivity contribution is -0.148. The van der Waals surface area contributed by atoms with E-state index in [-0.39, 0.29) is 5.92 Å². The monoisotopic (exact) mass is 624 g/mol. The molecule has 39 heavy (non-hydrogen) atoms. The molecule has 200 valence electrons. The molecule has 3 amide bonds. The van der Waals surface area contributed by atoms with Crippen LogP contribution in [0.1, 0.15) is 47.2 Å². The zero-order valence-corrected chi connectivity index (χ0v) is 25.0. The summed E-state index contributed by atoms with van der Waals surface area (Å²) in [7, 11) is 0. The number of nitrogens with one attached hydrogen (secondary N) is 1. The molecule has 4 aliphatic rings. The Morgan fingerprint density at radius 3 is 1.69 bits per heavy atom. The van der Waals surface area contributed by atoms with Crippen molar-refractivity contribution < 1.29 is 14.4 Å². The fraction of sp³-hybridized carbons (Fsp3) is 0.323. The van der Waals surface area contributed by atoms with Gasteiger partial charge < -0.3 is 5.32 Å². The molecule has 1 aliphatic heterocycles. The summed E-state index contributed by atoms with van der Waals surface area (Å²) in [5.41, 5.74) is 5.38. The SMILES string of the molecule is Cc1cc(NC(=O)[C@H](C(C)C)N2C(=O)[C@@H]3[C@@H](C2=O)C2(Cl)c4ccccc4C3(Cl)c3ccccc32)c(C)cc1Br. The van der Waals surface area contributed by atoms with Crippen LogP contribution in [0.25, 0.3) is 0 Å². The average molecular weight is 626 g/mol. The van der Waals surface area contributed by atoms with Crippen LogP contribution in [0.15, 0.2) is 65.1 Å². The van der Waals surface area contributed by atoms with E-state index in [0.29, 0.717) is 5.69 Å². The maximum Gasteiger partial charge on any atom is 0.247 e. The number of benzene rings is 3. The van der Waals surface area contributed by atoms with E-state index >= 15 is 0 Å². The standard InChI is InChI=1S/C31H27BrCl2N2O3/c1-15(2)26(27(37)35-23-14-16(3)22(32)13-17(23)4)36-28(38)24-25(29(36)39)31(34)19-10-6-5-9-18(19)30(24,33)20-11-7-8-12-21(20)31/h5-15,24-26H,1-4H3,(H,35,37)/t24-,25-,26-,30?,31?/m0/s1. The molecule has 3 aliphatic carbocycles. The third kappa shape index (κ3) is 3.41. The van der Waals surface area contributed by atoms with Gasteiger partial charge in [0.1, 0.15) is 15.8 Å². The first kappa shape index (κ1) is 26.5. The summed E-state index contributed by atoms with van der Waals surface area (Å²) in [4.78, 5) is 41.1. The van der Waals surface area contributed by atoms with Gasteiger partial charge in [0, 0.05) is 10.2 Å². The van der Waals surface area contributed by atoms with E-state index in [9.17, 15) is 14.4 Å². The third-order valence-electron chi connectivity index (χ3n) is 8.56. The van der Waals surface area contributed by atoms with Crippen molar-refractivity contribution in [3.8, 4) is 0 Å². The van der Waals surface area contributed by atoms with Gasteiger partial charge in [-0.25, -0.2) is 0 Å². The average Bonchev–Trinajstić information content (AvgIpc) is 3.17. The number of rotatable bonds is 4. The van der Waals surface area contributed by atoms with Crippen molar-refractivity contribution in [3.05, 3.63) is 98.5 Å². The number of carbonyl (C=O) groups is 3. The second kappa shape index (κ2) is 8.92. The number of nitrogens with zero attached hydrogens (tertiary/aromatic N) is 1. The molecule has 2 bridgehead atoms. The Balaban J connectivity index is 1.47. The van der Waals surface area contributed by atoms with Gasteiger partial charge in [0.15, 0.2) is 0 Å². The zero-order chi connectivity index (χ0) is 28.0. The molecular weight excluding hydrogens is 599 g/mol. The highest BCUT2D eigenvalue weighted by Crippen LogP contribution is 2.69. The molecule has 0 aromatic heterocycles. The number of amides is 3. The van der Waals surface area contributed by atoms with Crippen molar-refractivity contribution in [1.82, 2.24) is 4.90 Å². The molecule has 0 saturated carbocycles. The van der Waals surface area contributed by atoms with Crippen LogP contribution in [0.3, 0.4) is 0 Å². The zero-order valence-electron chi connectivity index (χ0n) is 21.9. The minimum atomic E-state index is -1.28. The molecule has 1 saturated heterocycles. The molecule has 0 spiro atoms. The van der Waals surface area contributed by atoms with E-state index < -0.39 is 45.3 Å². The van der Waals surface area contributed by atoms with Crippen LogP contribution in [0, 0.1) is 31.6 Å². The van der Waals surface area contributed by atoms with Gasteiger partial charge in [-0.15, -0.1) is 23.2 Å². The van der Waals surface area contributed by atoms with Crippen LogP contribution < -0.4 is 5.32 Å². The molecule has 3 aromatic rings. The fourth-order valence-corrected chi connectivity index (χ4v) is 8.36.